The van der Waals surface area contributed by atoms with Crippen LogP contribution in [0.1, 0.15) is 17.2 Å². The van der Waals surface area contributed by atoms with E-state index in [4.69, 9.17) is 10.8 Å². The van der Waals surface area contributed by atoms with Gasteiger partial charge in [-0.25, -0.2) is 13.2 Å². The summed E-state index contributed by atoms with van der Waals surface area (Å²) >= 11 is 0. The van der Waals surface area contributed by atoms with Gasteiger partial charge >= 0.3 is 12.1 Å². The molecule has 0 aliphatic carbocycles. The third kappa shape index (κ3) is 2.40. The lowest BCUT2D eigenvalue weighted by atomic mass is 10.0. The zero-order chi connectivity index (χ0) is 14.2. The van der Waals surface area contributed by atoms with E-state index in [1.54, 1.807) is 0 Å². The Balaban J connectivity index is 3.60. The summed E-state index contributed by atoms with van der Waals surface area (Å²) in [7, 11) is 0. The Morgan fingerprint density at radius 1 is 1.22 bits per heavy atom. The van der Waals surface area contributed by atoms with Crippen LogP contribution < -0.4 is 5.73 Å². The summed E-state index contributed by atoms with van der Waals surface area (Å²) in [6.45, 7) is 0. The zero-order valence-corrected chi connectivity index (χ0v) is 8.36. The highest BCUT2D eigenvalue weighted by Crippen LogP contribution is 2.36. The molecule has 18 heavy (non-hydrogen) atoms. The molecule has 3 nitrogen and oxygen atoms in total. The molecule has 0 radical (unpaired) electrons. The average Bonchev–Trinajstić information content (AvgIpc) is 2.13. The highest BCUT2D eigenvalue weighted by Gasteiger charge is 2.41. The molecule has 0 aliphatic heterocycles. The van der Waals surface area contributed by atoms with Crippen molar-refractivity contribution in [2.45, 2.75) is 12.2 Å². The first-order chi connectivity index (χ1) is 8.07. The van der Waals surface area contributed by atoms with Crippen molar-refractivity contribution >= 4 is 5.97 Å². The first kappa shape index (κ1) is 14.3. The Bertz CT molecular complexity index is 499. The van der Waals surface area contributed by atoms with Gasteiger partial charge in [0.05, 0.1) is 5.56 Å². The second kappa shape index (κ2) is 4.48. The van der Waals surface area contributed by atoms with Crippen LogP contribution in [-0.4, -0.2) is 11.1 Å². The summed E-state index contributed by atoms with van der Waals surface area (Å²) in [5, 5.41) is 8.41. The normalized spacial score (nSPS) is 13.5. The van der Waals surface area contributed by atoms with E-state index >= 15 is 0 Å². The number of aliphatic carboxylic acids is 1. The Morgan fingerprint density at radius 2 is 1.72 bits per heavy atom. The number of halogens is 6. The molecule has 0 aliphatic rings. The average molecular weight is 273 g/mol. The molecule has 0 bridgehead atoms. The summed E-state index contributed by atoms with van der Waals surface area (Å²) < 4.78 is 76.2. The van der Waals surface area contributed by atoms with Crippen molar-refractivity contribution < 1.29 is 36.2 Å². The minimum Gasteiger partial charge on any atom is -0.480 e. The number of carbonyl (C=O) groups is 1. The van der Waals surface area contributed by atoms with Crippen molar-refractivity contribution in [2.75, 3.05) is 0 Å². The van der Waals surface area contributed by atoms with Gasteiger partial charge in [-0.3, -0.25) is 4.79 Å². The quantitative estimate of drug-likeness (QED) is 0.812. The fraction of sp³-hybridized carbons (Fsp3) is 0.222. The van der Waals surface area contributed by atoms with E-state index < -0.39 is 46.8 Å². The molecule has 1 atom stereocenters. The minimum absolute atomic E-state index is 0.260. The number of benzene rings is 1. The molecule has 0 fully saturated rings. The van der Waals surface area contributed by atoms with Gasteiger partial charge in [-0.05, 0) is 0 Å². The monoisotopic (exact) mass is 273 g/mol. The van der Waals surface area contributed by atoms with Crippen LogP contribution in [0, 0.1) is 17.5 Å². The number of nitrogens with two attached hydrogens (primary N) is 1. The Hall–Kier alpha value is -1.77. The fourth-order valence-corrected chi connectivity index (χ4v) is 1.27. The number of rotatable bonds is 2. The van der Waals surface area contributed by atoms with Gasteiger partial charge in [0.15, 0.2) is 0 Å². The number of carboxylic acid groups (broad SMARTS) is 1. The van der Waals surface area contributed by atoms with E-state index in [1.807, 2.05) is 0 Å². The second-order valence-corrected chi connectivity index (χ2v) is 3.26. The molecule has 0 amide bonds. The molecule has 100 valence electrons. The van der Waals surface area contributed by atoms with Crippen molar-refractivity contribution in [2.24, 2.45) is 5.73 Å². The van der Waals surface area contributed by atoms with Crippen LogP contribution in [0.25, 0.3) is 0 Å². The topological polar surface area (TPSA) is 63.3 Å². The van der Waals surface area contributed by atoms with Crippen LogP contribution >= 0.6 is 0 Å². The number of carboxylic acids is 1. The van der Waals surface area contributed by atoms with Crippen molar-refractivity contribution in [1.82, 2.24) is 0 Å². The summed E-state index contributed by atoms with van der Waals surface area (Å²) in [6, 6.07) is -2.63. The van der Waals surface area contributed by atoms with Crippen LogP contribution in [0.4, 0.5) is 26.3 Å². The van der Waals surface area contributed by atoms with Crippen LogP contribution in [0.5, 0.6) is 0 Å². The Morgan fingerprint density at radius 3 is 2.11 bits per heavy atom. The van der Waals surface area contributed by atoms with Crippen LogP contribution in [0.3, 0.4) is 0 Å². The molecule has 0 aromatic heterocycles. The number of alkyl halides is 3. The van der Waals surface area contributed by atoms with Crippen molar-refractivity contribution in [3.8, 4) is 0 Å². The predicted molar refractivity (Wildman–Crippen MR) is 45.9 cm³/mol. The summed E-state index contributed by atoms with van der Waals surface area (Å²) in [5.41, 5.74) is 0.908. The maximum absolute atomic E-state index is 13.4. The third-order valence-corrected chi connectivity index (χ3v) is 2.07. The number of hydrogen-bond donors (Lipinski definition) is 2. The Kier molecular flexibility index (Phi) is 3.56. The van der Waals surface area contributed by atoms with Gasteiger partial charge in [0.25, 0.3) is 0 Å². The molecular formula is C9H5F6NO2. The maximum Gasteiger partial charge on any atom is 0.422 e. The minimum atomic E-state index is -5.44. The van der Waals surface area contributed by atoms with Gasteiger partial charge in [0.1, 0.15) is 29.1 Å². The van der Waals surface area contributed by atoms with Crippen molar-refractivity contribution in [1.29, 1.82) is 0 Å². The number of hydrogen-bond acceptors (Lipinski definition) is 2. The molecule has 1 rings (SSSR count). The molecule has 0 unspecified atom stereocenters. The zero-order valence-electron chi connectivity index (χ0n) is 8.36. The maximum atomic E-state index is 13.4. The van der Waals surface area contributed by atoms with Gasteiger partial charge in [-0.1, -0.05) is 0 Å². The molecule has 9 heteroatoms. The lowest BCUT2D eigenvalue weighted by molar-refractivity contribution is -0.143. The molecule has 1 aromatic rings. The van der Waals surface area contributed by atoms with E-state index in [1.165, 1.54) is 0 Å². The first-order valence-electron chi connectivity index (χ1n) is 4.30. The highest BCUT2D eigenvalue weighted by atomic mass is 19.4. The van der Waals surface area contributed by atoms with Crippen LogP contribution in [0.15, 0.2) is 6.07 Å². The smallest absolute Gasteiger partial charge is 0.422 e. The Labute approximate surface area is 95.8 Å². The molecule has 1 aromatic carbocycles. The molecular weight excluding hydrogens is 268 g/mol. The SMILES string of the molecule is N[C@H](C(=O)O)c1c(F)cc(F)c(C(F)(F)F)c1F. The molecule has 3 N–H and O–H groups in total. The summed E-state index contributed by atoms with van der Waals surface area (Å²) in [6.07, 6.45) is -5.44. The van der Waals surface area contributed by atoms with Crippen molar-refractivity contribution in [3.63, 3.8) is 0 Å². The largest absolute Gasteiger partial charge is 0.480 e. The van der Waals surface area contributed by atoms with Crippen molar-refractivity contribution in [3.05, 3.63) is 34.6 Å². The first-order valence-corrected chi connectivity index (χ1v) is 4.30. The van der Waals surface area contributed by atoms with Gasteiger partial charge in [-0.15, -0.1) is 0 Å². The molecule has 0 heterocycles. The van der Waals surface area contributed by atoms with E-state index in [9.17, 15) is 31.1 Å². The lowest BCUT2D eigenvalue weighted by Gasteiger charge is -2.15. The second-order valence-electron chi connectivity index (χ2n) is 3.26. The predicted octanol–water partition coefficient (Wildman–Crippen LogP) is 2.21. The molecule has 0 saturated heterocycles. The summed E-state index contributed by atoms with van der Waals surface area (Å²) in [5.74, 6) is -8.30. The van der Waals surface area contributed by atoms with Crippen LogP contribution in [-0.2, 0) is 11.0 Å². The van der Waals surface area contributed by atoms with Gasteiger partial charge in [-0.2, -0.15) is 13.2 Å². The molecule has 0 saturated carbocycles. The fourth-order valence-electron chi connectivity index (χ4n) is 1.27. The van der Waals surface area contributed by atoms with E-state index in [0.29, 0.717) is 0 Å². The van der Waals surface area contributed by atoms with Gasteiger partial charge in [0.2, 0.25) is 0 Å². The highest BCUT2D eigenvalue weighted by molar-refractivity contribution is 5.75. The standard InChI is InChI=1S/C9H5F6NO2/c10-2-1-3(11)5(9(13,14)15)6(12)4(2)7(16)8(17)18/h1,7H,16H2,(H,17,18)/t7-/m0/s1. The van der Waals surface area contributed by atoms with Crippen LogP contribution in [0.2, 0.25) is 0 Å². The van der Waals surface area contributed by atoms with Gasteiger partial charge in [0, 0.05) is 6.07 Å². The van der Waals surface area contributed by atoms with E-state index in [2.05, 4.69) is 0 Å². The van der Waals surface area contributed by atoms with Gasteiger partial charge < -0.3 is 10.8 Å². The molecule has 0 spiro atoms. The van der Waals surface area contributed by atoms with E-state index in [0.717, 1.165) is 0 Å². The third-order valence-electron chi connectivity index (χ3n) is 2.07. The lowest BCUT2D eigenvalue weighted by Crippen LogP contribution is -2.25. The summed E-state index contributed by atoms with van der Waals surface area (Å²) in [4.78, 5) is 10.4. The van der Waals surface area contributed by atoms with E-state index in [-0.39, 0.29) is 6.07 Å².